The normalized spacial score (nSPS) is 26.2. The molecular formula is C10H16FN. The summed E-state index contributed by atoms with van der Waals surface area (Å²) in [4.78, 5) is 0. The molecule has 2 N–H and O–H groups in total. The Hall–Kier alpha value is -0.630. The van der Waals surface area contributed by atoms with Crippen LogP contribution in [0.2, 0.25) is 0 Å². The van der Waals surface area contributed by atoms with Crippen LogP contribution >= 0.6 is 0 Å². The van der Waals surface area contributed by atoms with E-state index in [1.165, 1.54) is 0 Å². The lowest BCUT2D eigenvalue weighted by atomic mass is 9.92. The molecule has 0 saturated heterocycles. The molecule has 1 nitrogen and oxygen atoms in total. The molecule has 1 unspecified atom stereocenters. The van der Waals surface area contributed by atoms with Gasteiger partial charge in [0.2, 0.25) is 0 Å². The third-order valence-corrected chi connectivity index (χ3v) is 2.19. The summed E-state index contributed by atoms with van der Waals surface area (Å²) >= 11 is 0. The third-order valence-electron chi connectivity index (χ3n) is 2.19. The zero-order valence-corrected chi connectivity index (χ0v) is 7.68. The molecule has 0 aromatic heterocycles. The SMILES string of the molecule is CC[C@@H](N)C1=CC(C)CC(F)=C1. The molecule has 0 radical (unpaired) electrons. The van der Waals surface area contributed by atoms with Gasteiger partial charge in [0.15, 0.2) is 0 Å². The molecule has 0 heterocycles. The Labute approximate surface area is 73.1 Å². The molecule has 1 aliphatic carbocycles. The highest BCUT2D eigenvalue weighted by molar-refractivity contribution is 5.30. The van der Waals surface area contributed by atoms with Gasteiger partial charge >= 0.3 is 0 Å². The maximum atomic E-state index is 12.9. The number of halogens is 1. The minimum Gasteiger partial charge on any atom is -0.324 e. The number of hydrogen-bond donors (Lipinski definition) is 1. The second kappa shape index (κ2) is 3.85. The van der Waals surface area contributed by atoms with E-state index in [2.05, 4.69) is 6.08 Å². The van der Waals surface area contributed by atoms with E-state index >= 15 is 0 Å². The van der Waals surface area contributed by atoms with Crippen LogP contribution < -0.4 is 5.73 Å². The van der Waals surface area contributed by atoms with Crippen molar-refractivity contribution in [3.05, 3.63) is 23.6 Å². The van der Waals surface area contributed by atoms with Gasteiger partial charge in [0.25, 0.3) is 0 Å². The predicted molar refractivity (Wildman–Crippen MR) is 49.3 cm³/mol. The zero-order chi connectivity index (χ0) is 9.14. The Balaban J connectivity index is 2.75. The van der Waals surface area contributed by atoms with Gasteiger partial charge in [-0.2, -0.15) is 0 Å². The van der Waals surface area contributed by atoms with Crippen molar-refractivity contribution in [2.75, 3.05) is 0 Å². The van der Waals surface area contributed by atoms with Crippen molar-refractivity contribution in [2.45, 2.75) is 32.7 Å². The van der Waals surface area contributed by atoms with Crippen LogP contribution in [0.15, 0.2) is 23.6 Å². The van der Waals surface area contributed by atoms with Crippen molar-refractivity contribution in [3.63, 3.8) is 0 Å². The summed E-state index contributed by atoms with van der Waals surface area (Å²) in [5, 5.41) is 0. The Kier molecular flexibility index (Phi) is 3.04. The van der Waals surface area contributed by atoms with Gasteiger partial charge in [0.1, 0.15) is 5.83 Å². The van der Waals surface area contributed by atoms with Crippen molar-refractivity contribution in [1.82, 2.24) is 0 Å². The summed E-state index contributed by atoms with van der Waals surface area (Å²) < 4.78 is 12.9. The van der Waals surface area contributed by atoms with E-state index in [1.807, 2.05) is 13.8 Å². The first-order chi connectivity index (χ1) is 5.63. The molecule has 1 aliphatic rings. The van der Waals surface area contributed by atoms with Crippen molar-refractivity contribution >= 4 is 0 Å². The number of hydrogen-bond acceptors (Lipinski definition) is 1. The lowest BCUT2D eigenvalue weighted by Crippen LogP contribution is -2.22. The summed E-state index contributed by atoms with van der Waals surface area (Å²) in [7, 11) is 0. The quantitative estimate of drug-likeness (QED) is 0.675. The Morgan fingerprint density at radius 3 is 2.92 bits per heavy atom. The van der Waals surface area contributed by atoms with E-state index in [0.29, 0.717) is 12.3 Å². The maximum Gasteiger partial charge on any atom is 0.101 e. The van der Waals surface area contributed by atoms with Gasteiger partial charge in [0, 0.05) is 12.5 Å². The van der Waals surface area contributed by atoms with Crippen LogP contribution in [0, 0.1) is 5.92 Å². The van der Waals surface area contributed by atoms with E-state index in [1.54, 1.807) is 6.08 Å². The van der Waals surface area contributed by atoms with Crippen molar-refractivity contribution < 1.29 is 4.39 Å². The first-order valence-electron chi connectivity index (χ1n) is 4.46. The molecule has 0 saturated carbocycles. The summed E-state index contributed by atoms with van der Waals surface area (Å²) in [6, 6.07) is -0.00139. The van der Waals surface area contributed by atoms with Crippen molar-refractivity contribution in [1.29, 1.82) is 0 Å². The van der Waals surface area contributed by atoms with Crippen LogP contribution in [0.5, 0.6) is 0 Å². The monoisotopic (exact) mass is 169 g/mol. The topological polar surface area (TPSA) is 26.0 Å². The number of rotatable bonds is 2. The van der Waals surface area contributed by atoms with Gasteiger partial charge in [-0.25, -0.2) is 4.39 Å². The second-order valence-electron chi connectivity index (χ2n) is 3.45. The molecule has 0 aromatic rings. The number of allylic oxidation sites excluding steroid dienone is 2. The summed E-state index contributed by atoms with van der Waals surface area (Å²) in [5.41, 5.74) is 6.75. The Morgan fingerprint density at radius 2 is 2.42 bits per heavy atom. The number of nitrogens with two attached hydrogens (primary N) is 1. The molecule has 12 heavy (non-hydrogen) atoms. The largest absolute Gasteiger partial charge is 0.324 e. The smallest absolute Gasteiger partial charge is 0.101 e. The standard InChI is InChI=1S/C10H16FN/c1-3-10(12)8-4-7(2)5-9(11)6-8/h4,6-7,10H,3,5,12H2,1-2H3/t7?,10-/m1/s1. The molecule has 68 valence electrons. The molecule has 0 spiro atoms. The van der Waals surface area contributed by atoms with E-state index in [0.717, 1.165) is 12.0 Å². The molecule has 0 amide bonds. The fourth-order valence-electron chi connectivity index (χ4n) is 1.45. The van der Waals surface area contributed by atoms with Gasteiger partial charge in [-0.15, -0.1) is 0 Å². The highest BCUT2D eigenvalue weighted by atomic mass is 19.1. The van der Waals surface area contributed by atoms with Crippen LogP contribution in [0.3, 0.4) is 0 Å². The molecule has 1 rings (SSSR count). The molecule has 0 aliphatic heterocycles. The molecule has 2 atom stereocenters. The van der Waals surface area contributed by atoms with E-state index in [-0.39, 0.29) is 11.9 Å². The fraction of sp³-hybridized carbons (Fsp3) is 0.600. The average molecular weight is 169 g/mol. The molecule has 0 fully saturated rings. The van der Waals surface area contributed by atoms with Crippen LogP contribution in [0.4, 0.5) is 4.39 Å². The van der Waals surface area contributed by atoms with Crippen molar-refractivity contribution in [2.24, 2.45) is 11.7 Å². The average Bonchev–Trinajstić information content (AvgIpc) is 2.01. The van der Waals surface area contributed by atoms with Gasteiger partial charge in [-0.3, -0.25) is 0 Å². The van der Waals surface area contributed by atoms with E-state index < -0.39 is 0 Å². The van der Waals surface area contributed by atoms with Crippen LogP contribution in [-0.2, 0) is 0 Å². The maximum absolute atomic E-state index is 12.9. The summed E-state index contributed by atoms with van der Waals surface area (Å²) in [6.07, 6.45) is 5.04. The van der Waals surface area contributed by atoms with Crippen LogP contribution in [-0.4, -0.2) is 6.04 Å². The lowest BCUT2D eigenvalue weighted by molar-refractivity contribution is 0.525. The van der Waals surface area contributed by atoms with Gasteiger partial charge in [-0.05, 0) is 24.0 Å². The Morgan fingerprint density at radius 1 is 1.75 bits per heavy atom. The molecule has 2 heteroatoms. The van der Waals surface area contributed by atoms with Gasteiger partial charge in [-0.1, -0.05) is 19.9 Å². The minimum absolute atomic E-state index is 0.00139. The first kappa shape index (κ1) is 9.46. The van der Waals surface area contributed by atoms with Gasteiger partial charge < -0.3 is 5.73 Å². The molecule has 0 bridgehead atoms. The highest BCUT2D eigenvalue weighted by Crippen LogP contribution is 2.24. The van der Waals surface area contributed by atoms with E-state index in [4.69, 9.17) is 5.73 Å². The first-order valence-corrected chi connectivity index (χ1v) is 4.46. The second-order valence-corrected chi connectivity index (χ2v) is 3.45. The third kappa shape index (κ3) is 2.18. The predicted octanol–water partition coefficient (Wildman–Crippen LogP) is 2.54. The van der Waals surface area contributed by atoms with Crippen LogP contribution in [0.1, 0.15) is 26.7 Å². The minimum atomic E-state index is -0.0381. The highest BCUT2D eigenvalue weighted by Gasteiger charge is 2.14. The lowest BCUT2D eigenvalue weighted by Gasteiger charge is -2.18. The summed E-state index contributed by atoms with van der Waals surface area (Å²) in [5.74, 6) is 0.256. The Bertz CT molecular complexity index is 218. The van der Waals surface area contributed by atoms with Crippen LogP contribution in [0.25, 0.3) is 0 Å². The van der Waals surface area contributed by atoms with E-state index in [9.17, 15) is 4.39 Å². The fourth-order valence-corrected chi connectivity index (χ4v) is 1.45. The molecular weight excluding hydrogens is 153 g/mol. The van der Waals surface area contributed by atoms with Crippen molar-refractivity contribution in [3.8, 4) is 0 Å². The van der Waals surface area contributed by atoms with Gasteiger partial charge in [0.05, 0.1) is 0 Å². The summed E-state index contributed by atoms with van der Waals surface area (Å²) in [6.45, 7) is 4.02. The molecule has 0 aromatic carbocycles. The zero-order valence-electron chi connectivity index (χ0n) is 7.68.